The topological polar surface area (TPSA) is 51.8 Å². The number of para-hydroxylation sites is 2. The molecule has 0 fully saturated rings. The minimum atomic E-state index is -0.0166. The zero-order chi connectivity index (χ0) is 11.5. The van der Waals surface area contributed by atoms with Crippen molar-refractivity contribution in [2.24, 2.45) is 11.7 Å². The lowest BCUT2D eigenvalue weighted by molar-refractivity contribution is 0.502. The Hall–Kier alpha value is -1.48. The summed E-state index contributed by atoms with van der Waals surface area (Å²) < 4.78 is 0. The van der Waals surface area contributed by atoms with Gasteiger partial charge < -0.3 is 5.73 Å². The van der Waals surface area contributed by atoms with Crippen LogP contribution in [0.3, 0.4) is 0 Å². The van der Waals surface area contributed by atoms with Crippen LogP contribution in [0, 0.1) is 5.92 Å². The normalized spacial score (nSPS) is 13.2. The number of nitrogens with two attached hydrogens (primary N) is 1. The molecule has 1 heterocycles. The van der Waals surface area contributed by atoms with Gasteiger partial charge >= 0.3 is 0 Å². The Labute approximate surface area is 95.7 Å². The van der Waals surface area contributed by atoms with E-state index in [4.69, 9.17) is 5.73 Å². The lowest BCUT2D eigenvalue weighted by Crippen LogP contribution is -2.14. The molecule has 0 saturated carbocycles. The van der Waals surface area contributed by atoms with E-state index in [1.165, 1.54) is 0 Å². The lowest BCUT2D eigenvalue weighted by Gasteiger charge is -2.13. The van der Waals surface area contributed by atoms with Crippen LogP contribution in [0.4, 0.5) is 0 Å². The second kappa shape index (κ2) is 4.58. The molecule has 2 rings (SSSR count). The van der Waals surface area contributed by atoms with Crippen LogP contribution in [-0.2, 0) is 0 Å². The summed E-state index contributed by atoms with van der Waals surface area (Å²) in [5, 5.41) is 0. The number of hydrogen-bond donors (Lipinski definition) is 1. The van der Waals surface area contributed by atoms with Gasteiger partial charge in [-0.15, -0.1) is 0 Å². The minimum absolute atomic E-state index is 0.0166. The molecule has 2 N–H and O–H groups in total. The first kappa shape index (κ1) is 11.0. The molecule has 0 bridgehead atoms. The molecule has 0 spiro atoms. The third-order valence-electron chi connectivity index (χ3n) is 2.57. The molecule has 1 aromatic carbocycles. The van der Waals surface area contributed by atoms with E-state index in [0.717, 1.165) is 23.1 Å². The third kappa shape index (κ3) is 2.36. The molecule has 0 aliphatic heterocycles. The first-order valence-corrected chi connectivity index (χ1v) is 5.64. The van der Waals surface area contributed by atoms with E-state index >= 15 is 0 Å². The van der Waals surface area contributed by atoms with Crippen LogP contribution < -0.4 is 5.73 Å². The first-order chi connectivity index (χ1) is 7.66. The van der Waals surface area contributed by atoms with Gasteiger partial charge in [0.05, 0.1) is 22.9 Å². The number of aromatic nitrogens is 2. The molecule has 0 amide bonds. The number of rotatable bonds is 3. The van der Waals surface area contributed by atoms with Gasteiger partial charge in [0.25, 0.3) is 0 Å². The fourth-order valence-corrected chi connectivity index (χ4v) is 1.78. The third-order valence-corrected chi connectivity index (χ3v) is 2.57. The smallest absolute Gasteiger partial charge is 0.0890 e. The molecule has 0 aliphatic carbocycles. The van der Waals surface area contributed by atoms with Crippen LogP contribution in [0.15, 0.2) is 30.5 Å². The van der Waals surface area contributed by atoms with Crippen molar-refractivity contribution in [3.8, 4) is 0 Å². The Kier molecular flexibility index (Phi) is 3.15. The highest BCUT2D eigenvalue weighted by Gasteiger charge is 2.10. The van der Waals surface area contributed by atoms with Crippen molar-refractivity contribution in [1.82, 2.24) is 9.97 Å². The summed E-state index contributed by atoms with van der Waals surface area (Å²) in [5.41, 5.74) is 8.80. The van der Waals surface area contributed by atoms with Crippen molar-refractivity contribution in [2.75, 3.05) is 0 Å². The van der Waals surface area contributed by atoms with Gasteiger partial charge in [-0.25, -0.2) is 4.98 Å². The van der Waals surface area contributed by atoms with Crippen LogP contribution in [-0.4, -0.2) is 9.97 Å². The highest BCUT2D eigenvalue weighted by molar-refractivity contribution is 5.73. The van der Waals surface area contributed by atoms with E-state index in [1.807, 2.05) is 24.3 Å². The Bertz CT molecular complexity index is 479. The van der Waals surface area contributed by atoms with Gasteiger partial charge in [-0.05, 0) is 24.5 Å². The van der Waals surface area contributed by atoms with Crippen molar-refractivity contribution in [2.45, 2.75) is 26.3 Å². The maximum absolute atomic E-state index is 6.08. The highest BCUT2D eigenvalue weighted by Crippen LogP contribution is 2.18. The van der Waals surface area contributed by atoms with Crippen molar-refractivity contribution >= 4 is 11.0 Å². The van der Waals surface area contributed by atoms with Crippen LogP contribution >= 0.6 is 0 Å². The molecule has 3 nitrogen and oxygen atoms in total. The van der Waals surface area contributed by atoms with Crippen LogP contribution in [0.2, 0.25) is 0 Å². The molecule has 16 heavy (non-hydrogen) atoms. The zero-order valence-electron chi connectivity index (χ0n) is 9.72. The highest BCUT2D eigenvalue weighted by atomic mass is 14.8. The van der Waals surface area contributed by atoms with Crippen molar-refractivity contribution in [3.63, 3.8) is 0 Å². The van der Waals surface area contributed by atoms with Gasteiger partial charge in [-0.3, -0.25) is 4.98 Å². The average Bonchev–Trinajstić information content (AvgIpc) is 2.27. The molecule has 1 aromatic heterocycles. The minimum Gasteiger partial charge on any atom is -0.323 e. The summed E-state index contributed by atoms with van der Waals surface area (Å²) in [7, 11) is 0. The Balaban J connectivity index is 2.32. The van der Waals surface area contributed by atoms with Gasteiger partial charge in [-0.1, -0.05) is 26.0 Å². The maximum Gasteiger partial charge on any atom is 0.0890 e. The van der Waals surface area contributed by atoms with Crippen molar-refractivity contribution < 1.29 is 0 Å². The molecule has 1 unspecified atom stereocenters. The van der Waals surface area contributed by atoms with E-state index in [0.29, 0.717) is 5.92 Å². The van der Waals surface area contributed by atoms with Crippen molar-refractivity contribution in [3.05, 3.63) is 36.2 Å². The predicted octanol–water partition coefficient (Wildman–Crippen LogP) is 2.68. The summed E-state index contributed by atoms with van der Waals surface area (Å²) in [6, 6.07) is 7.84. The fourth-order valence-electron chi connectivity index (χ4n) is 1.78. The molecule has 0 radical (unpaired) electrons. The molecule has 1 atom stereocenters. The van der Waals surface area contributed by atoms with Gasteiger partial charge in [0.1, 0.15) is 0 Å². The lowest BCUT2D eigenvalue weighted by atomic mass is 10.0. The first-order valence-electron chi connectivity index (χ1n) is 5.64. The fraction of sp³-hybridized carbons (Fsp3) is 0.385. The average molecular weight is 215 g/mol. The molecular formula is C13H17N3. The second-order valence-corrected chi connectivity index (χ2v) is 4.52. The van der Waals surface area contributed by atoms with Gasteiger partial charge in [0.15, 0.2) is 0 Å². The summed E-state index contributed by atoms with van der Waals surface area (Å²) in [4.78, 5) is 8.91. The van der Waals surface area contributed by atoms with Gasteiger partial charge in [0, 0.05) is 6.04 Å². The molecular weight excluding hydrogens is 198 g/mol. The molecule has 2 aromatic rings. The molecule has 0 saturated heterocycles. The van der Waals surface area contributed by atoms with E-state index < -0.39 is 0 Å². The number of nitrogens with zero attached hydrogens (tertiary/aromatic N) is 2. The van der Waals surface area contributed by atoms with Crippen molar-refractivity contribution in [1.29, 1.82) is 0 Å². The SMILES string of the molecule is CC(C)CC(N)c1cnc2ccccc2n1. The van der Waals surface area contributed by atoms with Gasteiger partial charge in [-0.2, -0.15) is 0 Å². The Morgan fingerprint density at radius 1 is 1.19 bits per heavy atom. The number of benzene rings is 1. The zero-order valence-corrected chi connectivity index (χ0v) is 9.72. The summed E-state index contributed by atoms with van der Waals surface area (Å²) in [6.07, 6.45) is 2.72. The van der Waals surface area contributed by atoms with E-state index in [9.17, 15) is 0 Å². The standard InChI is InChI=1S/C13H17N3/c1-9(2)7-10(14)13-8-15-11-5-3-4-6-12(11)16-13/h3-6,8-10H,7,14H2,1-2H3. The van der Waals surface area contributed by atoms with Crippen LogP contribution in [0.1, 0.15) is 32.0 Å². The Morgan fingerprint density at radius 2 is 1.88 bits per heavy atom. The molecule has 84 valence electrons. The summed E-state index contributed by atoms with van der Waals surface area (Å²) in [5.74, 6) is 0.572. The quantitative estimate of drug-likeness (QED) is 0.856. The Morgan fingerprint density at radius 3 is 2.56 bits per heavy atom. The summed E-state index contributed by atoms with van der Waals surface area (Å²) >= 11 is 0. The van der Waals surface area contributed by atoms with E-state index in [2.05, 4.69) is 23.8 Å². The largest absolute Gasteiger partial charge is 0.323 e. The molecule has 3 heteroatoms. The summed E-state index contributed by atoms with van der Waals surface area (Å²) in [6.45, 7) is 4.32. The van der Waals surface area contributed by atoms with E-state index in [1.54, 1.807) is 6.20 Å². The van der Waals surface area contributed by atoms with E-state index in [-0.39, 0.29) is 6.04 Å². The van der Waals surface area contributed by atoms with Crippen LogP contribution in [0.25, 0.3) is 11.0 Å². The molecule has 0 aliphatic rings. The maximum atomic E-state index is 6.08. The predicted molar refractivity (Wildman–Crippen MR) is 65.9 cm³/mol. The number of hydrogen-bond acceptors (Lipinski definition) is 3. The monoisotopic (exact) mass is 215 g/mol. The second-order valence-electron chi connectivity index (χ2n) is 4.52. The van der Waals surface area contributed by atoms with Gasteiger partial charge in [0.2, 0.25) is 0 Å². The number of fused-ring (bicyclic) bond motifs is 1. The van der Waals surface area contributed by atoms with Crippen LogP contribution in [0.5, 0.6) is 0 Å².